The Kier molecular flexibility index (Phi) is 2.78. The lowest BCUT2D eigenvalue weighted by atomic mass is 9.75. The molecule has 0 spiro atoms. The van der Waals surface area contributed by atoms with Crippen LogP contribution in [0.2, 0.25) is 0 Å². The molecule has 3 saturated carbocycles. The Morgan fingerprint density at radius 2 is 1.50 bits per heavy atom. The van der Waals surface area contributed by atoms with Crippen LogP contribution >= 0.6 is 0 Å². The Morgan fingerprint density at radius 1 is 0.938 bits per heavy atom. The Morgan fingerprint density at radius 3 is 2.06 bits per heavy atom. The van der Waals surface area contributed by atoms with E-state index in [0.29, 0.717) is 5.92 Å². The van der Waals surface area contributed by atoms with E-state index in [2.05, 4.69) is 6.92 Å². The SMILES string of the molecule is CC1C[C@@H]2CC(O)(C3CCCCC3)C[C@@H]2C1. The van der Waals surface area contributed by atoms with Gasteiger partial charge in [0.2, 0.25) is 0 Å². The fraction of sp³-hybridized carbons (Fsp3) is 1.00. The molecule has 0 aromatic carbocycles. The molecular weight excluding hydrogens is 196 g/mol. The van der Waals surface area contributed by atoms with Crippen LogP contribution in [0.1, 0.15) is 64.7 Å². The van der Waals surface area contributed by atoms with Crippen molar-refractivity contribution in [1.82, 2.24) is 0 Å². The minimum Gasteiger partial charge on any atom is -0.390 e. The fourth-order valence-corrected chi connectivity index (χ4v) is 4.98. The van der Waals surface area contributed by atoms with Crippen LogP contribution in [0, 0.1) is 23.7 Å². The predicted octanol–water partition coefficient (Wildman–Crippen LogP) is 3.75. The van der Waals surface area contributed by atoms with Gasteiger partial charge in [-0.25, -0.2) is 0 Å². The van der Waals surface area contributed by atoms with Crippen LogP contribution in [0.25, 0.3) is 0 Å². The fourth-order valence-electron chi connectivity index (χ4n) is 4.98. The summed E-state index contributed by atoms with van der Waals surface area (Å²) in [5, 5.41) is 10.9. The summed E-state index contributed by atoms with van der Waals surface area (Å²) >= 11 is 0. The second kappa shape index (κ2) is 4.01. The molecule has 16 heavy (non-hydrogen) atoms. The molecular formula is C15H26O. The first kappa shape index (κ1) is 11.1. The maximum Gasteiger partial charge on any atom is 0.0681 e. The van der Waals surface area contributed by atoms with Gasteiger partial charge in [0.1, 0.15) is 0 Å². The molecule has 0 aliphatic heterocycles. The largest absolute Gasteiger partial charge is 0.390 e. The van der Waals surface area contributed by atoms with E-state index in [1.807, 2.05) is 0 Å². The van der Waals surface area contributed by atoms with Crippen molar-refractivity contribution in [2.75, 3.05) is 0 Å². The van der Waals surface area contributed by atoms with Crippen molar-refractivity contribution in [3.05, 3.63) is 0 Å². The van der Waals surface area contributed by atoms with Crippen molar-refractivity contribution < 1.29 is 5.11 Å². The lowest BCUT2D eigenvalue weighted by Gasteiger charge is -2.36. The van der Waals surface area contributed by atoms with Crippen LogP contribution in [-0.4, -0.2) is 10.7 Å². The molecule has 0 aromatic heterocycles. The van der Waals surface area contributed by atoms with Crippen molar-refractivity contribution in [2.24, 2.45) is 23.7 Å². The van der Waals surface area contributed by atoms with Crippen molar-refractivity contribution in [3.63, 3.8) is 0 Å². The van der Waals surface area contributed by atoms with Crippen LogP contribution in [0.3, 0.4) is 0 Å². The third-order valence-electron chi connectivity index (χ3n) is 5.67. The van der Waals surface area contributed by atoms with Gasteiger partial charge >= 0.3 is 0 Å². The molecule has 2 unspecified atom stereocenters. The summed E-state index contributed by atoms with van der Waals surface area (Å²) in [6.07, 6.45) is 11.8. The molecule has 3 aliphatic rings. The van der Waals surface area contributed by atoms with Gasteiger partial charge in [0.05, 0.1) is 5.60 Å². The highest BCUT2D eigenvalue weighted by Crippen LogP contribution is 2.54. The number of aliphatic hydroxyl groups is 1. The van der Waals surface area contributed by atoms with Crippen LogP contribution in [0.5, 0.6) is 0 Å². The minimum absolute atomic E-state index is 0.254. The molecule has 3 fully saturated rings. The zero-order valence-corrected chi connectivity index (χ0v) is 10.6. The minimum atomic E-state index is -0.254. The lowest BCUT2D eigenvalue weighted by Crippen LogP contribution is -2.37. The van der Waals surface area contributed by atoms with E-state index in [1.165, 1.54) is 44.9 Å². The van der Waals surface area contributed by atoms with Crippen LogP contribution < -0.4 is 0 Å². The molecule has 0 heterocycles. The Hall–Kier alpha value is -0.0400. The molecule has 4 atom stereocenters. The molecule has 0 amide bonds. The van der Waals surface area contributed by atoms with Gasteiger partial charge in [-0.05, 0) is 62.2 Å². The molecule has 0 radical (unpaired) electrons. The molecule has 1 N–H and O–H groups in total. The molecule has 0 saturated heterocycles. The first-order valence-electron chi connectivity index (χ1n) is 7.40. The van der Waals surface area contributed by atoms with Crippen molar-refractivity contribution in [3.8, 4) is 0 Å². The number of rotatable bonds is 1. The van der Waals surface area contributed by atoms with Crippen LogP contribution in [0.4, 0.5) is 0 Å². The number of fused-ring (bicyclic) bond motifs is 1. The summed E-state index contributed by atoms with van der Waals surface area (Å²) in [7, 11) is 0. The quantitative estimate of drug-likeness (QED) is 0.716. The van der Waals surface area contributed by atoms with Gasteiger partial charge in [0, 0.05) is 0 Å². The maximum absolute atomic E-state index is 10.9. The van der Waals surface area contributed by atoms with E-state index in [0.717, 1.165) is 30.6 Å². The molecule has 3 rings (SSSR count). The van der Waals surface area contributed by atoms with E-state index >= 15 is 0 Å². The van der Waals surface area contributed by atoms with E-state index in [1.54, 1.807) is 0 Å². The molecule has 0 bridgehead atoms. The highest BCUT2D eigenvalue weighted by Gasteiger charge is 2.50. The van der Waals surface area contributed by atoms with Crippen molar-refractivity contribution in [2.45, 2.75) is 70.3 Å². The van der Waals surface area contributed by atoms with E-state index in [-0.39, 0.29) is 5.60 Å². The van der Waals surface area contributed by atoms with Gasteiger partial charge in [-0.2, -0.15) is 0 Å². The van der Waals surface area contributed by atoms with Crippen molar-refractivity contribution >= 4 is 0 Å². The van der Waals surface area contributed by atoms with Crippen LogP contribution in [0.15, 0.2) is 0 Å². The standard InChI is InChI=1S/C15H26O/c1-11-7-12-9-15(16,10-13(12)8-11)14-5-3-2-4-6-14/h11-14,16H,2-10H2,1H3/t11?,12-,13+,15?. The van der Waals surface area contributed by atoms with Gasteiger partial charge in [0.15, 0.2) is 0 Å². The smallest absolute Gasteiger partial charge is 0.0681 e. The highest BCUT2D eigenvalue weighted by atomic mass is 16.3. The summed E-state index contributed by atoms with van der Waals surface area (Å²) < 4.78 is 0. The molecule has 92 valence electrons. The third kappa shape index (κ3) is 1.81. The second-order valence-electron chi connectivity index (χ2n) is 6.94. The Balaban J connectivity index is 1.67. The number of hydrogen-bond acceptors (Lipinski definition) is 1. The third-order valence-corrected chi connectivity index (χ3v) is 5.67. The summed E-state index contributed by atoms with van der Waals surface area (Å²) in [4.78, 5) is 0. The second-order valence-corrected chi connectivity index (χ2v) is 6.94. The van der Waals surface area contributed by atoms with Crippen LogP contribution in [-0.2, 0) is 0 Å². The van der Waals surface area contributed by atoms with E-state index in [4.69, 9.17) is 0 Å². The Bertz CT molecular complexity index is 240. The molecule has 0 aromatic rings. The number of hydrogen-bond donors (Lipinski definition) is 1. The Labute approximate surface area is 99.6 Å². The zero-order valence-electron chi connectivity index (χ0n) is 10.6. The molecule has 3 aliphatic carbocycles. The first-order chi connectivity index (χ1) is 7.67. The average Bonchev–Trinajstić information content (AvgIpc) is 2.73. The van der Waals surface area contributed by atoms with Gasteiger partial charge in [-0.3, -0.25) is 0 Å². The van der Waals surface area contributed by atoms with E-state index in [9.17, 15) is 5.11 Å². The monoisotopic (exact) mass is 222 g/mol. The zero-order chi connectivity index (χ0) is 11.2. The van der Waals surface area contributed by atoms with Gasteiger partial charge in [-0.1, -0.05) is 26.2 Å². The van der Waals surface area contributed by atoms with Gasteiger partial charge < -0.3 is 5.11 Å². The predicted molar refractivity (Wildman–Crippen MR) is 66.1 cm³/mol. The van der Waals surface area contributed by atoms with Crippen molar-refractivity contribution in [1.29, 1.82) is 0 Å². The highest BCUT2D eigenvalue weighted by molar-refractivity contribution is 5.02. The van der Waals surface area contributed by atoms with Gasteiger partial charge in [0.25, 0.3) is 0 Å². The van der Waals surface area contributed by atoms with E-state index < -0.39 is 0 Å². The topological polar surface area (TPSA) is 20.2 Å². The summed E-state index contributed by atoms with van der Waals surface area (Å²) in [5.41, 5.74) is -0.254. The normalized spacial score (nSPS) is 49.5. The average molecular weight is 222 g/mol. The molecule has 1 nitrogen and oxygen atoms in total. The molecule has 1 heteroatoms. The summed E-state index contributed by atoms with van der Waals surface area (Å²) in [6.45, 7) is 2.39. The summed E-state index contributed by atoms with van der Waals surface area (Å²) in [6, 6.07) is 0. The first-order valence-corrected chi connectivity index (χ1v) is 7.40. The lowest BCUT2D eigenvalue weighted by molar-refractivity contribution is -0.0345. The summed E-state index contributed by atoms with van der Waals surface area (Å²) in [5.74, 6) is 3.29. The maximum atomic E-state index is 10.9. The van der Waals surface area contributed by atoms with Gasteiger partial charge in [-0.15, -0.1) is 0 Å².